The van der Waals surface area contributed by atoms with Crippen molar-refractivity contribution in [1.82, 2.24) is 0 Å². The van der Waals surface area contributed by atoms with Crippen LogP contribution in [0.1, 0.15) is 17.3 Å². The van der Waals surface area contributed by atoms with Crippen molar-refractivity contribution in [2.75, 3.05) is 12.9 Å². The van der Waals surface area contributed by atoms with Crippen molar-refractivity contribution in [2.24, 2.45) is 0 Å². The van der Waals surface area contributed by atoms with Crippen molar-refractivity contribution in [1.29, 1.82) is 0 Å². The smallest absolute Gasteiger partial charge is 0.338 e. The Labute approximate surface area is 115 Å². The monoisotopic (exact) mass is 326 g/mol. The third kappa shape index (κ3) is 4.19. The lowest BCUT2D eigenvalue weighted by atomic mass is 10.2. The maximum Gasteiger partial charge on any atom is 0.338 e. The number of esters is 1. The molecule has 0 N–H and O–H groups in total. The number of rotatable bonds is 4. The number of sulfone groups is 1. The summed E-state index contributed by atoms with van der Waals surface area (Å²) in [5.74, 6) is -0.824. The van der Waals surface area contributed by atoms with Gasteiger partial charge in [0.2, 0.25) is 0 Å². The summed E-state index contributed by atoms with van der Waals surface area (Å²) < 4.78 is 50.1. The fourth-order valence-electron chi connectivity index (χ4n) is 1.26. The minimum absolute atomic E-state index is 0.0743. The van der Waals surface area contributed by atoms with Crippen molar-refractivity contribution < 1.29 is 26.4 Å². The van der Waals surface area contributed by atoms with Gasteiger partial charge in [-0.05, 0) is 25.1 Å². The first kappa shape index (κ1) is 15.9. The van der Waals surface area contributed by atoms with E-state index in [4.69, 9.17) is 15.4 Å². The number of carbonyl (C=O) groups is 1. The molecule has 1 aromatic carbocycles. The van der Waals surface area contributed by atoms with Crippen molar-refractivity contribution in [3.63, 3.8) is 0 Å². The number of halogens is 1. The van der Waals surface area contributed by atoms with E-state index >= 15 is 0 Å². The van der Waals surface area contributed by atoms with Crippen LogP contribution < -0.4 is 0 Å². The zero-order chi connectivity index (χ0) is 14.8. The Hall–Kier alpha value is -1.12. The predicted octanol–water partition coefficient (Wildman–Crippen LogP) is 1.19. The highest BCUT2D eigenvalue weighted by molar-refractivity contribution is 8.13. The Morgan fingerprint density at radius 1 is 1.16 bits per heavy atom. The van der Waals surface area contributed by atoms with Crippen LogP contribution in [0.25, 0.3) is 0 Å². The topological polar surface area (TPSA) is 94.6 Å². The second-order valence-corrected chi connectivity index (χ2v) is 8.21. The molecule has 6 nitrogen and oxygen atoms in total. The van der Waals surface area contributed by atoms with Crippen LogP contribution in [-0.2, 0) is 23.6 Å². The second-order valence-electron chi connectivity index (χ2n) is 3.62. The van der Waals surface area contributed by atoms with Gasteiger partial charge >= 0.3 is 5.97 Å². The summed E-state index contributed by atoms with van der Waals surface area (Å²) in [7, 11) is -2.68. The highest BCUT2D eigenvalue weighted by Crippen LogP contribution is 2.22. The van der Waals surface area contributed by atoms with Crippen LogP contribution in [0.3, 0.4) is 0 Å². The molecule has 0 bridgehead atoms. The van der Waals surface area contributed by atoms with Crippen LogP contribution in [0.2, 0.25) is 0 Å². The quantitative estimate of drug-likeness (QED) is 0.609. The van der Waals surface area contributed by atoms with Gasteiger partial charge in [-0.15, -0.1) is 0 Å². The van der Waals surface area contributed by atoms with Gasteiger partial charge < -0.3 is 4.74 Å². The molecule has 0 heterocycles. The standard InChI is InChI=1S/C10H11ClO6S2/c1-3-17-10(12)7-4-8(18(2,13)14)6-9(5-7)19(11,15)16/h4-6H,3H2,1-2H3. The van der Waals surface area contributed by atoms with E-state index in [2.05, 4.69) is 0 Å². The van der Waals surface area contributed by atoms with Crippen molar-refractivity contribution in [3.05, 3.63) is 23.8 Å². The Bertz CT molecular complexity index is 655. The van der Waals surface area contributed by atoms with E-state index in [0.29, 0.717) is 0 Å². The average molecular weight is 327 g/mol. The van der Waals surface area contributed by atoms with Gasteiger partial charge in [0.05, 0.1) is 22.0 Å². The molecule has 0 saturated heterocycles. The number of hydrogen-bond donors (Lipinski definition) is 0. The van der Waals surface area contributed by atoms with Crippen LogP contribution in [0.5, 0.6) is 0 Å². The Balaban J connectivity index is 3.55. The van der Waals surface area contributed by atoms with E-state index in [1.54, 1.807) is 6.92 Å². The van der Waals surface area contributed by atoms with E-state index in [9.17, 15) is 21.6 Å². The zero-order valence-electron chi connectivity index (χ0n) is 10.1. The number of ether oxygens (including phenoxy) is 1. The molecule has 0 radical (unpaired) electrons. The van der Waals surface area contributed by atoms with Crippen molar-refractivity contribution in [2.45, 2.75) is 16.7 Å². The van der Waals surface area contributed by atoms with Gasteiger partial charge in [0.1, 0.15) is 0 Å². The molecule has 0 unspecified atom stereocenters. The Morgan fingerprint density at radius 3 is 2.11 bits per heavy atom. The molecule has 9 heteroatoms. The third-order valence-electron chi connectivity index (χ3n) is 2.10. The molecule has 0 aliphatic rings. The summed E-state index contributed by atoms with van der Waals surface area (Å²) in [4.78, 5) is 10.8. The third-order valence-corrected chi connectivity index (χ3v) is 4.53. The maximum absolute atomic E-state index is 11.5. The fourth-order valence-corrected chi connectivity index (χ4v) is 2.82. The molecule has 106 valence electrons. The van der Waals surface area contributed by atoms with E-state index in [1.165, 1.54) is 0 Å². The minimum Gasteiger partial charge on any atom is -0.462 e. The van der Waals surface area contributed by atoms with Gasteiger partial charge in [-0.25, -0.2) is 21.6 Å². The first-order chi connectivity index (χ1) is 8.55. The zero-order valence-corrected chi connectivity index (χ0v) is 12.5. The average Bonchev–Trinajstić information content (AvgIpc) is 2.26. The highest BCUT2D eigenvalue weighted by Gasteiger charge is 2.20. The molecule has 0 saturated carbocycles. The lowest BCUT2D eigenvalue weighted by molar-refractivity contribution is 0.0525. The molecule has 0 aliphatic carbocycles. The number of hydrogen-bond acceptors (Lipinski definition) is 6. The first-order valence-electron chi connectivity index (χ1n) is 5.02. The largest absolute Gasteiger partial charge is 0.462 e. The predicted molar refractivity (Wildman–Crippen MR) is 68.5 cm³/mol. The molecule has 1 aromatic rings. The molecule has 0 amide bonds. The van der Waals surface area contributed by atoms with Gasteiger partial charge in [0.15, 0.2) is 9.84 Å². The summed E-state index contributed by atoms with van der Waals surface area (Å²) in [5.41, 5.74) is -0.191. The molecule has 19 heavy (non-hydrogen) atoms. The normalized spacial score (nSPS) is 12.2. The number of benzene rings is 1. The van der Waals surface area contributed by atoms with Crippen LogP contribution in [0.15, 0.2) is 28.0 Å². The van der Waals surface area contributed by atoms with E-state index in [0.717, 1.165) is 24.5 Å². The molecule has 0 atom stereocenters. The van der Waals surface area contributed by atoms with Gasteiger partial charge in [-0.1, -0.05) is 0 Å². The van der Waals surface area contributed by atoms with Crippen molar-refractivity contribution in [3.8, 4) is 0 Å². The van der Waals surface area contributed by atoms with Gasteiger partial charge in [-0.2, -0.15) is 0 Å². The molecule has 1 rings (SSSR count). The maximum atomic E-state index is 11.5. The van der Waals surface area contributed by atoms with Crippen LogP contribution in [0.4, 0.5) is 0 Å². The Morgan fingerprint density at radius 2 is 1.68 bits per heavy atom. The minimum atomic E-state index is -4.16. The fraction of sp³-hybridized carbons (Fsp3) is 0.300. The van der Waals surface area contributed by atoms with E-state index < -0.39 is 29.8 Å². The lowest BCUT2D eigenvalue weighted by Gasteiger charge is -2.06. The first-order valence-corrected chi connectivity index (χ1v) is 9.22. The molecule has 0 aromatic heterocycles. The Kier molecular flexibility index (Phi) is 4.59. The second kappa shape index (κ2) is 5.48. The molecule has 0 fully saturated rings. The molecular formula is C10H11ClO6S2. The van der Waals surface area contributed by atoms with Gasteiger partial charge in [0.25, 0.3) is 9.05 Å². The summed E-state index contributed by atoms with van der Waals surface area (Å²) in [5, 5.41) is 0. The van der Waals surface area contributed by atoms with Crippen LogP contribution >= 0.6 is 10.7 Å². The highest BCUT2D eigenvalue weighted by atomic mass is 35.7. The summed E-state index contributed by atoms with van der Waals surface area (Å²) in [6.07, 6.45) is 0.891. The van der Waals surface area contributed by atoms with Gasteiger partial charge in [0, 0.05) is 16.9 Å². The molecule has 0 spiro atoms. The van der Waals surface area contributed by atoms with Gasteiger partial charge in [-0.3, -0.25) is 0 Å². The summed E-state index contributed by atoms with van der Waals surface area (Å²) in [6.45, 7) is 1.64. The number of carbonyl (C=O) groups excluding carboxylic acids is 1. The molecule has 0 aliphatic heterocycles. The lowest BCUT2D eigenvalue weighted by Crippen LogP contribution is -2.08. The van der Waals surface area contributed by atoms with Crippen LogP contribution in [0, 0.1) is 0 Å². The SMILES string of the molecule is CCOC(=O)c1cc(S(C)(=O)=O)cc(S(=O)(=O)Cl)c1. The van der Waals surface area contributed by atoms with Crippen molar-refractivity contribution >= 4 is 35.5 Å². The molecular weight excluding hydrogens is 316 g/mol. The summed E-state index contributed by atoms with van der Waals surface area (Å²) >= 11 is 0. The summed E-state index contributed by atoms with van der Waals surface area (Å²) in [6, 6.07) is 2.90. The van der Waals surface area contributed by atoms with E-state index in [-0.39, 0.29) is 17.1 Å². The van der Waals surface area contributed by atoms with Crippen LogP contribution in [-0.4, -0.2) is 35.7 Å². The van der Waals surface area contributed by atoms with E-state index in [1.807, 2.05) is 0 Å².